The number of aliphatic hydroxyl groups is 1. The maximum atomic E-state index is 11.6. The smallest absolute Gasteiger partial charge is 0.251 e. The molecule has 0 atom stereocenters. The van der Waals surface area contributed by atoms with Crippen LogP contribution in [0.1, 0.15) is 15.9 Å². The minimum absolute atomic E-state index is 0.205. The molecule has 1 amide bonds. The van der Waals surface area contributed by atoms with Gasteiger partial charge in [0.05, 0.1) is 17.7 Å². The zero-order valence-electron chi connectivity index (χ0n) is 9.60. The molecule has 1 heterocycles. The van der Waals surface area contributed by atoms with Crippen LogP contribution in [-0.2, 0) is 6.61 Å². The van der Waals surface area contributed by atoms with Crippen LogP contribution in [0.4, 0.5) is 0 Å². The van der Waals surface area contributed by atoms with Gasteiger partial charge in [0.2, 0.25) is 0 Å². The van der Waals surface area contributed by atoms with Gasteiger partial charge in [-0.15, -0.1) is 0 Å². The number of para-hydroxylation sites is 1. The van der Waals surface area contributed by atoms with Crippen molar-refractivity contribution in [1.29, 1.82) is 0 Å². The minimum atomic E-state index is -0.531. The normalized spacial score (nSPS) is 11.2. The fourth-order valence-corrected chi connectivity index (χ4v) is 2.37. The van der Waals surface area contributed by atoms with E-state index in [0.29, 0.717) is 16.6 Å². The molecular weight excluding hydrogens is 228 g/mol. The Morgan fingerprint density at radius 1 is 1.17 bits per heavy atom. The lowest BCUT2D eigenvalue weighted by Gasteiger charge is -2.05. The molecule has 1 aromatic heterocycles. The number of primary amides is 1. The average Bonchev–Trinajstić information content (AvgIpc) is 2.75. The summed E-state index contributed by atoms with van der Waals surface area (Å²) in [5, 5.41) is 11.3. The predicted octanol–water partition coefficient (Wildman–Crippen LogP) is 1.91. The van der Waals surface area contributed by atoms with Gasteiger partial charge in [0.25, 0.3) is 5.91 Å². The summed E-state index contributed by atoms with van der Waals surface area (Å²) < 4.78 is 0. The Labute approximate surface area is 103 Å². The number of aliphatic hydroxyl groups excluding tert-OH is 1. The van der Waals surface area contributed by atoms with Gasteiger partial charge in [0.1, 0.15) is 0 Å². The molecular formula is C14H12N2O2. The maximum Gasteiger partial charge on any atom is 0.251 e. The van der Waals surface area contributed by atoms with Crippen LogP contribution in [0.5, 0.6) is 0 Å². The van der Waals surface area contributed by atoms with E-state index < -0.39 is 5.91 Å². The van der Waals surface area contributed by atoms with Crippen LogP contribution in [0.3, 0.4) is 0 Å². The first kappa shape index (κ1) is 10.8. The molecule has 18 heavy (non-hydrogen) atoms. The van der Waals surface area contributed by atoms with Crippen molar-refractivity contribution in [2.75, 3.05) is 0 Å². The van der Waals surface area contributed by atoms with E-state index in [9.17, 15) is 9.90 Å². The third-order valence-corrected chi connectivity index (χ3v) is 3.19. The Morgan fingerprint density at radius 3 is 2.67 bits per heavy atom. The Kier molecular flexibility index (Phi) is 2.31. The number of fused-ring (bicyclic) bond motifs is 3. The number of nitrogens with one attached hydrogen (secondary N) is 1. The van der Waals surface area contributed by atoms with Crippen molar-refractivity contribution in [3.05, 3.63) is 47.5 Å². The van der Waals surface area contributed by atoms with E-state index in [-0.39, 0.29) is 6.61 Å². The zero-order valence-corrected chi connectivity index (χ0v) is 9.60. The van der Waals surface area contributed by atoms with Gasteiger partial charge >= 0.3 is 0 Å². The second kappa shape index (κ2) is 3.85. The molecule has 3 rings (SSSR count). The van der Waals surface area contributed by atoms with Crippen LogP contribution in [0.15, 0.2) is 36.4 Å². The predicted molar refractivity (Wildman–Crippen MR) is 70.2 cm³/mol. The lowest BCUT2D eigenvalue weighted by molar-refractivity contribution is 0.0999. The highest BCUT2D eigenvalue weighted by Gasteiger charge is 2.15. The summed E-state index contributed by atoms with van der Waals surface area (Å²) in [6.07, 6.45) is 0. The highest BCUT2D eigenvalue weighted by molar-refractivity contribution is 6.15. The zero-order chi connectivity index (χ0) is 12.7. The number of amides is 1. The van der Waals surface area contributed by atoms with Crippen LogP contribution in [0.2, 0.25) is 0 Å². The molecule has 0 bridgehead atoms. The fourth-order valence-electron chi connectivity index (χ4n) is 2.37. The van der Waals surface area contributed by atoms with Gasteiger partial charge in [-0.05, 0) is 11.6 Å². The summed E-state index contributed by atoms with van der Waals surface area (Å²) in [6.45, 7) is -0.205. The molecule has 0 fully saturated rings. The van der Waals surface area contributed by atoms with Gasteiger partial charge in [-0.1, -0.05) is 30.3 Å². The molecule has 3 aromatic rings. The van der Waals surface area contributed by atoms with E-state index in [1.165, 1.54) is 0 Å². The topological polar surface area (TPSA) is 79.1 Å². The molecule has 4 N–H and O–H groups in total. The first-order valence-electron chi connectivity index (χ1n) is 5.65. The number of aromatic nitrogens is 1. The summed E-state index contributed by atoms with van der Waals surface area (Å²) in [4.78, 5) is 14.8. The van der Waals surface area contributed by atoms with Gasteiger partial charge in [-0.25, -0.2) is 0 Å². The molecule has 0 aliphatic heterocycles. The summed E-state index contributed by atoms with van der Waals surface area (Å²) in [6, 6.07) is 11.4. The molecule has 0 aliphatic carbocycles. The van der Waals surface area contributed by atoms with Crippen molar-refractivity contribution < 1.29 is 9.90 Å². The van der Waals surface area contributed by atoms with E-state index >= 15 is 0 Å². The molecule has 0 unspecified atom stereocenters. The van der Waals surface area contributed by atoms with Crippen molar-refractivity contribution in [3.8, 4) is 0 Å². The molecule has 90 valence electrons. The van der Waals surface area contributed by atoms with Crippen LogP contribution in [-0.4, -0.2) is 16.0 Å². The summed E-state index contributed by atoms with van der Waals surface area (Å²) in [5.41, 5.74) is 7.96. The number of hydrogen-bond acceptors (Lipinski definition) is 2. The van der Waals surface area contributed by atoms with E-state index in [1.807, 2.05) is 30.3 Å². The van der Waals surface area contributed by atoms with Crippen molar-refractivity contribution in [2.24, 2.45) is 5.73 Å². The highest BCUT2D eigenvalue weighted by atomic mass is 16.3. The third kappa shape index (κ3) is 1.39. The molecule has 4 nitrogen and oxygen atoms in total. The molecule has 2 aromatic carbocycles. The van der Waals surface area contributed by atoms with Gasteiger partial charge in [-0.2, -0.15) is 0 Å². The van der Waals surface area contributed by atoms with Gasteiger partial charge in [0.15, 0.2) is 0 Å². The lowest BCUT2D eigenvalue weighted by Crippen LogP contribution is -2.14. The Morgan fingerprint density at radius 2 is 1.94 bits per heavy atom. The second-order valence-electron chi connectivity index (χ2n) is 4.22. The molecule has 0 aliphatic rings. The molecule has 0 saturated carbocycles. The third-order valence-electron chi connectivity index (χ3n) is 3.19. The summed E-state index contributed by atoms with van der Waals surface area (Å²) >= 11 is 0. The number of carbonyl (C=O) groups is 1. The molecule has 0 spiro atoms. The first-order valence-corrected chi connectivity index (χ1v) is 5.65. The highest BCUT2D eigenvalue weighted by Crippen LogP contribution is 2.29. The van der Waals surface area contributed by atoms with Crippen LogP contribution < -0.4 is 5.73 Å². The van der Waals surface area contributed by atoms with E-state index in [2.05, 4.69) is 4.98 Å². The Hall–Kier alpha value is -2.33. The monoisotopic (exact) mass is 240 g/mol. The number of H-pyrrole nitrogens is 1. The van der Waals surface area contributed by atoms with Crippen LogP contribution >= 0.6 is 0 Å². The quantitative estimate of drug-likeness (QED) is 0.639. The summed E-state index contributed by atoms with van der Waals surface area (Å²) in [5.74, 6) is -0.531. The number of carbonyl (C=O) groups excluding carboxylic acids is 1. The van der Waals surface area contributed by atoms with Crippen molar-refractivity contribution >= 4 is 27.7 Å². The van der Waals surface area contributed by atoms with Crippen molar-refractivity contribution in [2.45, 2.75) is 6.61 Å². The SMILES string of the molecule is NC(=O)c1c(CO)ccc2c1[nH]c1ccccc12. The van der Waals surface area contributed by atoms with Crippen molar-refractivity contribution in [3.63, 3.8) is 0 Å². The number of benzene rings is 2. The van der Waals surface area contributed by atoms with Crippen LogP contribution in [0, 0.1) is 0 Å². The van der Waals surface area contributed by atoms with Gasteiger partial charge in [-0.3, -0.25) is 4.79 Å². The number of rotatable bonds is 2. The fraction of sp³-hybridized carbons (Fsp3) is 0.0714. The lowest BCUT2D eigenvalue weighted by atomic mass is 10.0. The van der Waals surface area contributed by atoms with Crippen LogP contribution in [0.25, 0.3) is 21.8 Å². The van der Waals surface area contributed by atoms with Gasteiger partial charge < -0.3 is 15.8 Å². The second-order valence-corrected chi connectivity index (χ2v) is 4.22. The first-order chi connectivity index (χ1) is 8.72. The van der Waals surface area contributed by atoms with E-state index in [0.717, 1.165) is 16.3 Å². The molecule has 0 saturated heterocycles. The Balaban J connectivity index is 2.51. The minimum Gasteiger partial charge on any atom is -0.392 e. The largest absolute Gasteiger partial charge is 0.392 e. The molecule has 0 radical (unpaired) electrons. The number of hydrogen-bond donors (Lipinski definition) is 3. The standard InChI is InChI=1S/C14H12N2O2/c15-14(18)12-8(7-17)5-6-10-9-3-1-2-4-11(9)16-13(10)12/h1-6,16-17H,7H2,(H2,15,18). The average molecular weight is 240 g/mol. The van der Waals surface area contributed by atoms with E-state index in [1.54, 1.807) is 6.07 Å². The van der Waals surface area contributed by atoms with Crippen molar-refractivity contribution in [1.82, 2.24) is 4.98 Å². The number of aromatic amines is 1. The van der Waals surface area contributed by atoms with Gasteiger partial charge in [0, 0.05) is 16.3 Å². The maximum absolute atomic E-state index is 11.6. The summed E-state index contributed by atoms with van der Waals surface area (Å²) in [7, 11) is 0. The molecule has 4 heteroatoms. The number of nitrogens with two attached hydrogens (primary N) is 1. The van der Waals surface area contributed by atoms with E-state index in [4.69, 9.17) is 5.73 Å². The Bertz CT molecular complexity index is 759.